The maximum absolute atomic E-state index is 9.38. The molecule has 2 nitrogen and oxygen atoms in total. The number of fused-ring (bicyclic) bond motifs is 1. The molecule has 2 aromatic carbocycles. The van der Waals surface area contributed by atoms with Crippen LogP contribution in [0.1, 0.15) is 34.7 Å². The van der Waals surface area contributed by atoms with Crippen molar-refractivity contribution in [1.29, 1.82) is 10.5 Å². The van der Waals surface area contributed by atoms with Crippen LogP contribution in [0.5, 0.6) is 0 Å². The first-order valence-corrected chi connectivity index (χ1v) is 6.70. The maximum Gasteiger partial charge on any atom is 0.101 e. The number of benzene rings is 2. The average molecular weight is 272 g/mol. The largest absolute Gasteiger partial charge is 0.192 e. The molecule has 0 spiro atoms. The van der Waals surface area contributed by atoms with Crippen LogP contribution in [-0.4, -0.2) is 0 Å². The number of aryl methyl sites for hydroxylation is 1. The first-order valence-electron chi connectivity index (χ1n) is 6.70. The fraction of sp³-hybridized carbons (Fsp3) is 0.158. The van der Waals surface area contributed by atoms with E-state index >= 15 is 0 Å². The highest BCUT2D eigenvalue weighted by Crippen LogP contribution is 2.30. The van der Waals surface area contributed by atoms with Gasteiger partial charge in [0, 0.05) is 5.39 Å². The molecule has 0 N–H and O–H groups in total. The third-order valence-corrected chi connectivity index (χ3v) is 3.69. The van der Waals surface area contributed by atoms with Gasteiger partial charge in [-0.05, 0) is 48.9 Å². The third-order valence-electron chi connectivity index (χ3n) is 3.69. The van der Waals surface area contributed by atoms with E-state index in [0.29, 0.717) is 11.1 Å². The van der Waals surface area contributed by atoms with Gasteiger partial charge in [0.25, 0.3) is 0 Å². The molecule has 0 aromatic heterocycles. The molecule has 0 fully saturated rings. The number of hydrogen-bond acceptors (Lipinski definition) is 2. The van der Waals surface area contributed by atoms with Crippen LogP contribution >= 0.6 is 0 Å². The molecular formula is C19H16N2. The number of rotatable bonds is 2. The number of allylic oxidation sites excluding steroid dienone is 2. The average Bonchev–Trinajstić information content (AvgIpc) is 2.48. The molecule has 2 aromatic rings. The first-order chi connectivity index (χ1) is 9.99. The minimum atomic E-state index is 0.464. The van der Waals surface area contributed by atoms with Crippen molar-refractivity contribution in [1.82, 2.24) is 0 Å². The lowest BCUT2D eigenvalue weighted by Gasteiger charge is -2.11. The monoisotopic (exact) mass is 272 g/mol. The zero-order valence-electron chi connectivity index (χ0n) is 12.5. The lowest BCUT2D eigenvalue weighted by Crippen LogP contribution is -1.96. The van der Waals surface area contributed by atoms with Crippen LogP contribution in [0.3, 0.4) is 0 Å². The summed E-state index contributed by atoms with van der Waals surface area (Å²) < 4.78 is 0. The topological polar surface area (TPSA) is 47.6 Å². The predicted molar refractivity (Wildman–Crippen MR) is 86.7 cm³/mol. The van der Waals surface area contributed by atoms with E-state index in [4.69, 9.17) is 0 Å². The smallest absolute Gasteiger partial charge is 0.101 e. The molecule has 0 radical (unpaired) electrons. The van der Waals surface area contributed by atoms with E-state index in [0.717, 1.165) is 33.0 Å². The lowest BCUT2D eigenvalue weighted by atomic mass is 9.90. The van der Waals surface area contributed by atoms with Crippen LogP contribution in [0, 0.1) is 36.5 Å². The second-order valence-corrected chi connectivity index (χ2v) is 5.21. The molecular weight excluding hydrogens is 256 g/mol. The van der Waals surface area contributed by atoms with E-state index in [9.17, 15) is 10.5 Å². The van der Waals surface area contributed by atoms with E-state index in [2.05, 4.69) is 24.8 Å². The molecule has 0 aliphatic rings. The molecule has 0 atom stereocenters. The summed E-state index contributed by atoms with van der Waals surface area (Å²) in [4.78, 5) is 0. The van der Waals surface area contributed by atoms with Gasteiger partial charge in [0.15, 0.2) is 0 Å². The molecule has 0 aliphatic heterocycles. The van der Waals surface area contributed by atoms with Gasteiger partial charge >= 0.3 is 0 Å². The minimum Gasteiger partial charge on any atom is -0.192 e. The van der Waals surface area contributed by atoms with Crippen LogP contribution in [0.2, 0.25) is 0 Å². The fourth-order valence-electron chi connectivity index (χ4n) is 2.40. The second-order valence-electron chi connectivity index (χ2n) is 5.21. The van der Waals surface area contributed by atoms with Crippen molar-refractivity contribution < 1.29 is 0 Å². The van der Waals surface area contributed by atoms with Crippen LogP contribution in [0.15, 0.2) is 36.4 Å². The van der Waals surface area contributed by atoms with Gasteiger partial charge in [0.1, 0.15) is 12.1 Å². The van der Waals surface area contributed by atoms with Gasteiger partial charge in [-0.2, -0.15) is 10.5 Å². The second kappa shape index (κ2) is 5.65. The Morgan fingerprint density at radius 2 is 1.71 bits per heavy atom. The summed E-state index contributed by atoms with van der Waals surface area (Å²) in [5.74, 6) is 0. The Bertz CT molecular complexity index is 856. The third kappa shape index (κ3) is 2.57. The molecule has 0 aliphatic carbocycles. The van der Waals surface area contributed by atoms with Gasteiger partial charge in [0.05, 0.1) is 11.1 Å². The summed E-state index contributed by atoms with van der Waals surface area (Å²) in [7, 11) is 0. The summed E-state index contributed by atoms with van der Waals surface area (Å²) in [5, 5.41) is 20.5. The van der Waals surface area contributed by atoms with Crippen molar-refractivity contribution in [3.63, 3.8) is 0 Å². The van der Waals surface area contributed by atoms with Crippen molar-refractivity contribution in [2.75, 3.05) is 0 Å². The van der Waals surface area contributed by atoms with Crippen molar-refractivity contribution in [3.05, 3.63) is 64.2 Å². The molecule has 2 heteroatoms. The molecule has 0 saturated carbocycles. The van der Waals surface area contributed by atoms with Crippen LogP contribution in [0.25, 0.3) is 16.8 Å². The van der Waals surface area contributed by atoms with Gasteiger partial charge in [-0.1, -0.05) is 36.4 Å². The summed E-state index contributed by atoms with van der Waals surface area (Å²) in [6, 6.07) is 10.3. The Morgan fingerprint density at radius 3 is 2.29 bits per heavy atom. The molecule has 0 saturated heterocycles. The van der Waals surface area contributed by atoms with E-state index in [-0.39, 0.29) is 0 Å². The molecule has 21 heavy (non-hydrogen) atoms. The zero-order chi connectivity index (χ0) is 15.6. The molecule has 102 valence electrons. The summed E-state index contributed by atoms with van der Waals surface area (Å²) in [6.07, 6.45) is 3.96. The molecule has 0 amide bonds. The fourth-order valence-corrected chi connectivity index (χ4v) is 2.40. The minimum absolute atomic E-state index is 0.464. The standard InChI is InChI=1S/C19H16N2/c1-12(2)5-6-15-7-8-16-17(9-15)13(3)14(4)18(10-20)19(16)11-21/h5-9H,1H2,2-4H3. The Kier molecular flexibility index (Phi) is 3.92. The highest BCUT2D eigenvalue weighted by Gasteiger charge is 2.14. The van der Waals surface area contributed by atoms with Crippen LogP contribution < -0.4 is 0 Å². The van der Waals surface area contributed by atoms with Gasteiger partial charge in [-0.25, -0.2) is 0 Å². The summed E-state index contributed by atoms with van der Waals surface area (Å²) >= 11 is 0. The van der Waals surface area contributed by atoms with Crippen molar-refractivity contribution in [2.24, 2.45) is 0 Å². The van der Waals surface area contributed by atoms with E-state index < -0.39 is 0 Å². The molecule has 0 unspecified atom stereocenters. The van der Waals surface area contributed by atoms with Gasteiger partial charge in [-0.15, -0.1) is 0 Å². The van der Waals surface area contributed by atoms with E-state index in [1.165, 1.54) is 0 Å². The van der Waals surface area contributed by atoms with Crippen molar-refractivity contribution in [2.45, 2.75) is 20.8 Å². The van der Waals surface area contributed by atoms with Gasteiger partial charge in [0.2, 0.25) is 0 Å². The van der Waals surface area contributed by atoms with E-state index in [1.54, 1.807) is 0 Å². The number of nitrogens with zero attached hydrogens (tertiary/aromatic N) is 2. The van der Waals surface area contributed by atoms with Gasteiger partial charge < -0.3 is 0 Å². The first kappa shape index (κ1) is 14.6. The SMILES string of the molecule is C=C(C)C=Cc1ccc2c(C#N)c(C#N)c(C)c(C)c2c1. The van der Waals surface area contributed by atoms with Crippen LogP contribution in [-0.2, 0) is 0 Å². The Balaban J connectivity index is 2.81. The highest BCUT2D eigenvalue weighted by atomic mass is 14.3. The van der Waals surface area contributed by atoms with Crippen LogP contribution in [0.4, 0.5) is 0 Å². The number of nitriles is 2. The highest BCUT2D eigenvalue weighted by molar-refractivity contribution is 5.95. The number of hydrogen-bond donors (Lipinski definition) is 0. The van der Waals surface area contributed by atoms with Gasteiger partial charge in [-0.3, -0.25) is 0 Å². The quantitative estimate of drug-likeness (QED) is 0.738. The molecule has 0 heterocycles. The van der Waals surface area contributed by atoms with Crippen molar-refractivity contribution in [3.8, 4) is 12.1 Å². The normalized spacial score (nSPS) is 10.5. The Morgan fingerprint density at radius 1 is 1.05 bits per heavy atom. The Hall–Kier alpha value is -2.84. The lowest BCUT2D eigenvalue weighted by molar-refractivity contribution is 1.32. The summed E-state index contributed by atoms with van der Waals surface area (Å²) in [5.41, 5.74) is 4.91. The maximum atomic E-state index is 9.38. The zero-order valence-corrected chi connectivity index (χ0v) is 12.5. The predicted octanol–water partition coefficient (Wildman–Crippen LogP) is 4.79. The van der Waals surface area contributed by atoms with E-state index in [1.807, 2.05) is 45.1 Å². The Labute approximate surface area is 125 Å². The molecule has 2 rings (SSSR count). The summed E-state index contributed by atoms with van der Waals surface area (Å²) in [6.45, 7) is 9.68. The van der Waals surface area contributed by atoms with Crippen molar-refractivity contribution >= 4 is 16.8 Å². The molecule has 0 bridgehead atoms.